The predicted molar refractivity (Wildman–Crippen MR) is 94.0 cm³/mol. The first-order chi connectivity index (χ1) is 12.2. The van der Waals surface area contributed by atoms with Crippen molar-refractivity contribution in [3.05, 3.63) is 59.7 Å². The molecule has 25 heavy (non-hydrogen) atoms. The number of benzene rings is 1. The molecule has 1 aromatic heterocycles. The number of amides is 1. The van der Waals surface area contributed by atoms with Gasteiger partial charge in [0.2, 0.25) is 0 Å². The predicted octanol–water partition coefficient (Wildman–Crippen LogP) is 3.69. The highest BCUT2D eigenvalue weighted by Gasteiger charge is 2.44. The van der Waals surface area contributed by atoms with Crippen LogP contribution in [0, 0.1) is 12.8 Å². The number of hydrogen-bond acceptors (Lipinski definition) is 4. The lowest BCUT2D eigenvalue weighted by Crippen LogP contribution is -2.54. The Morgan fingerprint density at radius 2 is 2.08 bits per heavy atom. The van der Waals surface area contributed by atoms with Crippen molar-refractivity contribution < 1.29 is 9.53 Å². The average molecular weight is 337 g/mol. The van der Waals surface area contributed by atoms with E-state index in [1.165, 1.54) is 6.42 Å². The van der Waals surface area contributed by atoms with Crippen LogP contribution in [0.5, 0.6) is 0 Å². The standard InChI is InChI=1S/C20H23N3O2/c1-14-10-21-11-18(22-14)17-9-16-7-8-19(17)23(12-16)20(24)25-13-15-5-3-2-4-6-15/h2-6,10-11,16-17,19H,7-9,12-13H2,1H3. The zero-order chi connectivity index (χ0) is 17.2. The van der Waals surface area contributed by atoms with Crippen LogP contribution in [0.3, 0.4) is 0 Å². The number of aromatic nitrogens is 2. The second-order valence-corrected chi connectivity index (χ2v) is 7.13. The summed E-state index contributed by atoms with van der Waals surface area (Å²) in [4.78, 5) is 23.6. The fourth-order valence-electron chi connectivity index (χ4n) is 4.19. The first-order valence-electron chi connectivity index (χ1n) is 8.96. The number of carbonyl (C=O) groups excluding carboxylic acids is 1. The Balaban J connectivity index is 1.47. The van der Waals surface area contributed by atoms with Crippen molar-refractivity contribution in [3.8, 4) is 0 Å². The Labute approximate surface area is 148 Å². The van der Waals surface area contributed by atoms with Crippen LogP contribution in [-0.4, -0.2) is 33.5 Å². The van der Waals surface area contributed by atoms with E-state index < -0.39 is 0 Å². The number of nitrogens with zero attached hydrogens (tertiary/aromatic N) is 3. The molecule has 1 aliphatic carbocycles. The van der Waals surface area contributed by atoms with Crippen LogP contribution in [0.4, 0.5) is 4.79 Å². The van der Waals surface area contributed by atoms with Gasteiger partial charge in [-0.05, 0) is 37.7 Å². The van der Waals surface area contributed by atoms with Crippen molar-refractivity contribution in [2.45, 2.75) is 44.8 Å². The van der Waals surface area contributed by atoms with E-state index in [1.807, 2.05) is 48.4 Å². The molecule has 2 aliphatic heterocycles. The van der Waals surface area contributed by atoms with Crippen molar-refractivity contribution in [1.82, 2.24) is 14.9 Å². The van der Waals surface area contributed by atoms with Gasteiger partial charge in [0.1, 0.15) is 6.61 Å². The first-order valence-corrected chi connectivity index (χ1v) is 8.96. The van der Waals surface area contributed by atoms with Crippen molar-refractivity contribution in [3.63, 3.8) is 0 Å². The molecule has 3 atom stereocenters. The maximum Gasteiger partial charge on any atom is 0.410 e. The summed E-state index contributed by atoms with van der Waals surface area (Å²) in [6.07, 6.45) is 6.71. The Morgan fingerprint density at radius 3 is 2.84 bits per heavy atom. The van der Waals surface area contributed by atoms with E-state index in [1.54, 1.807) is 6.20 Å². The zero-order valence-electron chi connectivity index (χ0n) is 14.5. The van der Waals surface area contributed by atoms with Gasteiger partial charge >= 0.3 is 6.09 Å². The van der Waals surface area contributed by atoms with Crippen molar-refractivity contribution in [2.24, 2.45) is 5.92 Å². The highest BCUT2D eigenvalue weighted by Crippen LogP contribution is 2.43. The zero-order valence-corrected chi connectivity index (χ0v) is 14.5. The third kappa shape index (κ3) is 3.36. The molecule has 130 valence electrons. The molecule has 1 saturated carbocycles. The van der Waals surface area contributed by atoms with Gasteiger partial charge < -0.3 is 9.64 Å². The number of fused-ring (bicyclic) bond motifs is 3. The van der Waals surface area contributed by atoms with E-state index >= 15 is 0 Å². The number of carbonyl (C=O) groups is 1. The second-order valence-electron chi connectivity index (χ2n) is 7.13. The van der Waals surface area contributed by atoms with Gasteiger partial charge in [-0.2, -0.15) is 0 Å². The normalized spacial score (nSPS) is 25.0. The van der Waals surface area contributed by atoms with Gasteiger partial charge in [-0.15, -0.1) is 0 Å². The van der Waals surface area contributed by atoms with Gasteiger partial charge in [0.25, 0.3) is 0 Å². The third-order valence-corrected chi connectivity index (χ3v) is 5.37. The Morgan fingerprint density at radius 1 is 1.24 bits per heavy atom. The van der Waals surface area contributed by atoms with Gasteiger partial charge in [0.15, 0.2) is 0 Å². The molecule has 5 rings (SSSR count). The molecule has 0 N–H and O–H groups in total. The Bertz CT molecular complexity index is 750. The smallest absolute Gasteiger partial charge is 0.410 e. The number of hydrogen-bond donors (Lipinski definition) is 0. The summed E-state index contributed by atoms with van der Waals surface area (Å²) in [5.41, 5.74) is 2.95. The summed E-state index contributed by atoms with van der Waals surface area (Å²) in [5, 5.41) is 0. The summed E-state index contributed by atoms with van der Waals surface area (Å²) >= 11 is 0. The van der Waals surface area contributed by atoms with Crippen molar-refractivity contribution in [2.75, 3.05) is 6.54 Å². The van der Waals surface area contributed by atoms with Gasteiger partial charge in [-0.1, -0.05) is 30.3 Å². The molecule has 5 heteroatoms. The summed E-state index contributed by atoms with van der Waals surface area (Å²) in [5.74, 6) is 0.797. The maximum atomic E-state index is 12.7. The molecule has 3 unspecified atom stereocenters. The summed E-state index contributed by atoms with van der Waals surface area (Å²) in [6.45, 7) is 3.08. The topological polar surface area (TPSA) is 55.3 Å². The minimum absolute atomic E-state index is 0.171. The largest absolute Gasteiger partial charge is 0.445 e. The van der Waals surface area contributed by atoms with Crippen LogP contribution < -0.4 is 0 Å². The Hall–Kier alpha value is -2.43. The molecule has 0 spiro atoms. The van der Waals surface area contributed by atoms with E-state index in [0.717, 1.165) is 36.3 Å². The molecule has 3 aliphatic rings. The SMILES string of the molecule is Cc1cncc(C2CC3CCC2N(C(=O)OCc2ccccc2)C3)n1. The van der Waals surface area contributed by atoms with Crippen LogP contribution in [0.15, 0.2) is 42.7 Å². The molecule has 5 nitrogen and oxygen atoms in total. The fourth-order valence-corrected chi connectivity index (χ4v) is 4.19. The van der Waals surface area contributed by atoms with Crippen LogP contribution in [0.2, 0.25) is 0 Å². The average Bonchev–Trinajstić information content (AvgIpc) is 2.67. The lowest BCUT2D eigenvalue weighted by Gasteiger charge is -2.49. The van der Waals surface area contributed by atoms with E-state index in [0.29, 0.717) is 12.5 Å². The van der Waals surface area contributed by atoms with Crippen LogP contribution in [0.25, 0.3) is 0 Å². The molecule has 3 fully saturated rings. The lowest BCUT2D eigenvalue weighted by atomic mass is 9.71. The second kappa shape index (κ2) is 6.82. The molecule has 3 heterocycles. The molecule has 2 bridgehead atoms. The van der Waals surface area contributed by atoms with E-state index in [4.69, 9.17) is 4.74 Å². The number of rotatable bonds is 3. The van der Waals surface area contributed by atoms with E-state index in [9.17, 15) is 4.79 Å². The molecular formula is C20H23N3O2. The molecule has 1 amide bonds. The van der Waals surface area contributed by atoms with E-state index in [-0.39, 0.29) is 18.1 Å². The monoisotopic (exact) mass is 337 g/mol. The summed E-state index contributed by atoms with van der Waals surface area (Å²) < 4.78 is 5.58. The number of ether oxygens (including phenoxy) is 1. The van der Waals surface area contributed by atoms with Crippen LogP contribution >= 0.6 is 0 Å². The van der Waals surface area contributed by atoms with Gasteiger partial charge in [-0.3, -0.25) is 9.97 Å². The van der Waals surface area contributed by atoms with E-state index in [2.05, 4.69) is 9.97 Å². The Kier molecular flexibility index (Phi) is 4.38. The first kappa shape index (κ1) is 16.1. The maximum absolute atomic E-state index is 12.7. The molecule has 2 saturated heterocycles. The molecular weight excluding hydrogens is 314 g/mol. The highest BCUT2D eigenvalue weighted by atomic mass is 16.6. The quantitative estimate of drug-likeness (QED) is 0.857. The van der Waals surface area contributed by atoms with Gasteiger partial charge in [0, 0.05) is 30.9 Å². The molecule has 1 aromatic carbocycles. The van der Waals surface area contributed by atoms with Gasteiger partial charge in [0.05, 0.1) is 11.4 Å². The third-order valence-electron chi connectivity index (χ3n) is 5.37. The number of aryl methyl sites for hydroxylation is 1. The highest BCUT2D eigenvalue weighted by molar-refractivity contribution is 5.68. The van der Waals surface area contributed by atoms with Crippen molar-refractivity contribution in [1.29, 1.82) is 0 Å². The number of piperidine rings is 2. The lowest BCUT2D eigenvalue weighted by molar-refractivity contribution is 0.0140. The fraction of sp³-hybridized carbons (Fsp3) is 0.450. The van der Waals surface area contributed by atoms with Gasteiger partial charge in [-0.25, -0.2) is 4.79 Å². The summed E-state index contributed by atoms with van der Waals surface area (Å²) in [7, 11) is 0. The minimum atomic E-state index is -0.205. The molecule has 0 radical (unpaired) electrons. The minimum Gasteiger partial charge on any atom is -0.445 e. The van der Waals surface area contributed by atoms with Crippen LogP contribution in [0.1, 0.15) is 42.1 Å². The summed E-state index contributed by atoms with van der Waals surface area (Å²) in [6, 6.07) is 9.99. The molecule has 2 aromatic rings. The van der Waals surface area contributed by atoms with Crippen molar-refractivity contribution >= 4 is 6.09 Å². The van der Waals surface area contributed by atoms with Crippen LogP contribution in [-0.2, 0) is 11.3 Å².